The molecule has 11 heteroatoms. The molecule has 0 saturated carbocycles. The Balaban J connectivity index is 1.43. The fourth-order valence-corrected chi connectivity index (χ4v) is 2.38. The topological polar surface area (TPSA) is 101 Å². The predicted molar refractivity (Wildman–Crippen MR) is 103 cm³/mol. The van der Waals surface area contributed by atoms with Gasteiger partial charge in [0.15, 0.2) is 5.82 Å². The molecular formula is C19H17F3N6O2. The molecule has 3 aromatic rings. The number of halogens is 3. The number of ether oxygens (including phenoxy) is 1. The first kappa shape index (κ1) is 20.8. The van der Waals surface area contributed by atoms with E-state index in [1.54, 1.807) is 30.6 Å². The molecule has 1 aromatic carbocycles. The molecule has 0 aliphatic rings. The van der Waals surface area contributed by atoms with E-state index in [-0.39, 0.29) is 12.1 Å². The number of hydrogen-bond donors (Lipinski definition) is 3. The second-order valence-corrected chi connectivity index (χ2v) is 5.93. The lowest BCUT2D eigenvalue weighted by atomic mass is 10.2. The number of anilines is 3. The van der Waals surface area contributed by atoms with Crippen molar-refractivity contribution in [2.75, 3.05) is 23.7 Å². The molecule has 3 N–H and O–H groups in total. The Bertz CT molecular complexity index is 968. The summed E-state index contributed by atoms with van der Waals surface area (Å²) in [6, 6.07) is 11.9. The van der Waals surface area contributed by atoms with Crippen molar-refractivity contribution in [2.45, 2.75) is 6.36 Å². The summed E-state index contributed by atoms with van der Waals surface area (Å²) >= 11 is 0. The van der Waals surface area contributed by atoms with Gasteiger partial charge in [0.25, 0.3) is 5.91 Å². The van der Waals surface area contributed by atoms with Gasteiger partial charge in [0, 0.05) is 24.8 Å². The molecule has 2 aromatic heterocycles. The molecule has 0 bridgehead atoms. The molecule has 0 atom stereocenters. The lowest BCUT2D eigenvalue weighted by Gasteiger charge is -2.11. The van der Waals surface area contributed by atoms with Gasteiger partial charge in [-0.05, 0) is 42.5 Å². The van der Waals surface area contributed by atoms with Gasteiger partial charge < -0.3 is 20.7 Å². The van der Waals surface area contributed by atoms with Gasteiger partial charge in [-0.25, -0.2) is 0 Å². The molecule has 0 aliphatic heterocycles. The summed E-state index contributed by atoms with van der Waals surface area (Å²) in [5.74, 6) is 0.0689. The molecule has 0 aliphatic carbocycles. The van der Waals surface area contributed by atoms with Crippen molar-refractivity contribution in [3.63, 3.8) is 0 Å². The zero-order valence-corrected chi connectivity index (χ0v) is 15.5. The number of nitrogens with zero attached hydrogens (tertiary/aromatic N) is 3. The Kier molecular flexibility index (Phi) is 6.63. The van der Waals surface area contributed by atoms with Crippen LogP contribution in [0, 0.1) is 0 Å². The van der Waals surface area contributed by atoms with E-state index in [0.29, 0.717) is 18.2 Å². The summed E-state index contributed by atoms with van der Waals surface area (Å²) in [4.78, 5) is 16.1. The summed E-state index contributed by atoms with van der Waals surface area (Å²) in [5, 5.41) is 16.7. The second-order valence-electron chi connectivity index (χ2n) is 5.93. The number of alkyl halides is 3. The summed E-state index contributed by atoms with van der Waals surface area (Å²) in [6.45, 7) is 0.565. The van der Waals surface area contributed by atoms with Crippen molar-refractivity contribution in [3.8, 4) is 5.75 Å². The fourth-order valence-electron chi connectivity index (χ4n) is 2.38. The van der Waals surface area contributed by atoms with Crippen molar-refractivity contribution in [3.05, 3.63) is 66.5 Å². The third kappa shape index (κ3) is 6.62. The van der Waals surface area contributed by atoms with Gasteiger partial charge in [0.05, 0.1) is 11.9 Å². The van der Waals surface area contributed by atoms with Crippen LogP contribution in [0.4, 0.5) is 30.5 Å². The molecular weight excluding hydrogens is 401 g/mol. The Morgan fingerprint density at radius 1 is 1.00 bits per heavy atom. The minimum absolute atomic E-state index is 0.0578. The smallest absolute Gasteiger partial charge is 0.406 e. The summed E-state index contributed by atoms with van der Waals surface area (Å²) in [7, 11) is 0. The first-order chi connectivity index (χ1) is 14.4. The number of amides is 1. The maximum Gasteiger partial charge on any atom is 0.573 e. The summed E-state index contributed by atoms with van der Waals surface area (Å²) < 4.78 is 40.6. The van der Waals surface area contributed by atoms with Crippen LogP contribution in [0.25, 0.3) is 0 Å². The molecule has 0 radical (unpaired) electrons. The lowest BCUT2D eigenvalue weighted by molar-refractivity contribution is -0.274. The molecule has 1 amide bonds. The van der Waals surface area contributed by atoms with Gasteiger partial charge in [-0.2, -0.15) is 0 Å². The minimum atomic E-state index is -4.82. The molecule has 2 heterocycles. The molecule has 30 heavy (non-hydrogen) atoms. The average molecular weight is 418 g/mol. The van der Waals surface area contributed by atoms with E-state index >= 15 is 0 Å². The molecule has 0 unspecified atom stereocenters. The molecule has 3 rings (SSSR count). The molecule has 0 spiro atoms. The molecule has 0 saturated heterocycles. The number of rotatable bonds is 8. The van der Waals surface area contributed by atoms with Crippen molar-refractivity contribution in [1.29, 1.82) is 0 Å². The van der Waals surface area contributed by atoms with E-state index in [0.717, 1.165) is 17.8 Å². The van der Waals surface area contributed by atoms with Gasteiger partial charge in [-0.1, -0.05) is 6.07 Å². The summed E-state index contributed by atoms with van der Waals surface area (Å²) in [5.41, 5.74) is 0.835. The standard InChI is InChI=1S/C19H17F3N6O2/c20-19(21,22)30-15-5-1-3-13(11-15)18(29)25-10-9-24-16-6-7-17(28-27-16)26-14-4-2-8-23-12-14/h1-8,11-12H,9-10H2,(H,24,27)(H,25,29)(H,26,28). The van der Waals surface area contributed by atoms with Crippen molar-refractivity contribution in [1.82, 2.24) is 20.5 Å². The van der Waals surface area contributed by atoms with E-state index in [9.17, 15) is 18.0 Å². The first-order valence-electron chi connectivity index (χ1n) is 8.78. The molecule has 8 nitrogen and oxygen atoms in total. The Morgan fingerprint density at radius 2 is 1.80 bits per heavy atom. The third-order valence-electron chi connectivity index (χ3n) is 3.64. The van der Waals surface area contributed by atoms with E-state index in [2.05, 4.69) is 35.9 Å². The predicted octanol–water partition coefficient (Wildman–Crippen LogP) is 3.36. The van der Waals surface area contributed by atoms with Gasteiger partial charge >= 0.3 is 6.36 Å². The second kappa shape index (κ2) is 9.54. The highest BCUT2D eigenvalue weighted by Crippen LogP contribution is 2.23. The van der Waals surface area contributed by atoms with Gasteiger partial charge in [0.1, 0.15) is 11.6 Å². The van der Waals surface area contributed by atoms with Crippen LogP contribution < -0.4 is 20.7 Å². The van der Waals surface area contributed by atoms with Crippen LogP contribution in [-0.4, -0.2) is 40.5 Å². The van der Waals surface area contributed by atoms with Crippen LogP contribution in [0.2, 0.25) is 0 Å². The number of carbonyl (C=O) groups is 1. The highest BCUT2D eigenvalue weighted by molar-refractivity contribution is 5.94. The largest absolute Gasteiger partial charge is 0.573 e. The zero-order chi connectivity index (χ0) is 21.4. The van der Waals surface area contributed by atoms with Crippen molar-refractivity contribution >= 4 is 23.2 Å². The monoisotopic (exact) mass is 418 g/mol. The van der Waals surface area contributed by atoms with Crippen LogP contribution >= 0.6 is 0 Å². The average Bonchev–Trinajstić information content (AvgIpc) is 2.72. The van der Waals surface area contributed by atoms with Crippen molar-refractivity contribution in [2.24, 2.45) is 0 Å². The van der Waals surface area contributed by atoms with E-state index in [1.807, 2.05) is 6.07 Å². The van der Waals surface area contributed by atoms with E-state index in [4.69, 9.17) is 0 Å². The SMILES string of the molecule is O=C(NCCNc1ccc(Nc2cccnc2)nn1)c1cccc(OC(F)(F)F)c1. The van der Waals surface area contributed by atoms with Gasteiger partial charge in [-0.3, -0.25) is 9.78 Å². The quantitative estimate of drug-likeness (QED) is 0.482. The lowest BCUT2D eigenvalue weighted by Crippen LogP contribution is -2.29. The van der Waals surface area contributed by atoms with Gasteiger partial charge in [0.2, 0.25) is 0 Å². The highest BCUT2D eigenvalue weighted by atomic mass is 19.4. The van der Waals surface area contributed by atoms with Crippen LogP contribution in [-0.2, 0) is 0 Å². The maximum absolute atomic E-state index is 12.3. The Morgan fingerprint density at radius 3 is 2.50 bits per heavy atom. The number of benzene rings is 1. The van der Waals surface area contributed by atoms with Crippen LogP contribution in [0.5, 0.6) is 5.75 Å². The fraction of sp³-hybridized carbons (Fsp3) is 0.158. The number of nitrogens with one attached hydrogen (secondary N) is 3. The Hall–Kier alpha value is -3.89. The van der Waals surface area contributed by atoms with Gasteiger partial charge in [-0.15, -0.1) is 23.4 Å². The Labute approximate surface area is 169 Å². The van der Waals surface area contributed by atoms with E-state index < -0.39 is 18.0 Å². The van der Waals surface area contributed by atoms with Crippen molar-refractivity contribution < 1.29 is 22.7 Å². The maximum atomic E-state index is 12.3. The van der Waals surface area contributed by atoms with E-state index in [1.165, 1.54) is 12.1 Å². The summed E-state index contributed by atoms with van der Waals surface area (Å²) in [6.07, 6.45) is -1.50. The molecule has 156 valence electrons. The minimum Gasteiger partial charge on any atom is -0.406 e. The van der Waals surface area contributed by atoms with Crippen LogP contribution in [0.15, 0.2) is 60.9 Å². The van der Waals surface area contributed by atoms with Crippen LogP contribution in [0.1, 0.15) is 10.4 Å². The first-order valence-corrected chi connectivity index (χ1v) is 8.78. The third-order valence-corrected chi connectivity index (χ3v) is 3.64. The normalized spacial score (nSPS) is 10.9. The number of carbonyl (C=O) groups excluding carboxylic acids is 1. The zero-order valence-electron chi connectivity index (χ0n) is 15.5. The number of pyridine rings is 1. The highest BCUT2D eigenvalue weighted by Gasteiger charge is 2.31. The number of aromatic nitrogens is 3. The van der Waals surface area contributed by atoms with Crippen LogP contribution in [0.3, 0.4) is 0 Å². The number of hydrogen-bond acceptors (Lipinski definition) is 7. The molecule has 0 fully saturated rings.